The number of esters is 1. The van der Waals surface area contributed by atoms with E-state index in [-0.39, 0.29) is 12.8 Å². The summed E-state index contributed by atoms with van der Waals surface area (Å²) in [5, 5.41) is 10.5. The molecule has 0 spiro atoms. The lowest BCUT2D eigenvalue weighted by atomic mass is 10.0. The molecule has 1 unspecified atom stereocenters. The Labute approximate surface area is 157 Å². The van der Waals surface area contributed by atoms with E-state index >= 15 is 0 Å². The highest BCUT2D eigenvalue weighted by Gasteiger charge is 2.24. The molecular formula is C19H15IO5. The Bertz CT molecular complexity index is 898. The molecule has 0 aliphatic heterocycles. The average molecular weight is 450 g/mol. The smallest absolute Gasteiger partial charge is 0.307 e. The number of fused-ring (bicyclic) bond motifs is 1. The molecule has 1 heterocycles. The lowest BCUT2D eigenvalue weighted by Crippen LogP contribution is -2.13. The fourth-order valence-electron chi connectivity index (χ4n) is 2.53. The Balaban J connectivity index is 1.95. The van der Waals surface area contributed by atoms with Crippen molar-refractivity contribution in [1.29, 1.82) is 0 Å². The molecule has 0 saturated heterocycles. The van der Waals surface area contributed by atoms with E-state index in [4.69, 9.17) is 14.3 Å². The van der Waals surface area contributed by atoms with Gasteiger partial charge in [0.1, 0.15) is 0 Å². The number of hydrogen-bond donors (Lipinski definition) is 1. The topological polar surface area (TPSA) is 76.7 Å². The molecule has 0 amide bonds. The van der Waals surface area contributed by atoms with Crippen molar-refractivity contribution in [2.24, 2.45) is 0 Å². The number of furan rings is 1. The van der Waals surface area contributed by atoms with Crippen LogP contribution in [0, 0.1) is 3.57 Å². The lowest BCUT2D eigenvalue weighted by molar-refractivity contribution is -0.151. The molecule has 3 rings (SSSR count). The molecule has 25 heavy (non-hydrogen) atoms. The van der Waals surface area contributed by atoms with Gasteiger partial charge in [0.05, 0.1) is 19.1 Å². The first-order valence-corrected chi connectivity index (χ1v) is 8.75. The van der Waals surface area contributed by atoms with E-state index in [9.17, 15) is 9.59 Å². The summed E-state index contributed by atoms with van der Waals surface area (Å²) in [5.74, 6) is -1.09. The summed E-state index contributed by atoms with van der Waals surface area (Å²) in [7, 11) is 0. The Morgan fingerprint density at radius 3 is 2.52 bits per heavy atom. The van der Waals surface area contributed by atoms with Crippen molar-refractivity contribution in [2.75, 3.05) is 0 Å². The van der Waals surface area contributed by atoms with Crippen molar-refractivity contribution in [3.8, 4) is 0 Å². The van der Waals surface area contributed by atoms with Crippen LogP contribution in [0.4, 0.5) is 0 Å². The summed E-state index contributed by atoms with van der Waals surface area (Å²) < 4.78 is 12.3. The molecule has 1 atom stereocenters. The van der Waals surface area contributed by atoms with Crippen LogP contribution in [0.1, 0.15) is 30.3 Å². The van der Waals surface area contributed by atoms with Gasteiger partial charge in [-0.25, -0.2) is 0 Å². The van der Waals surface area contributed by atoms with Gasteiger partial charge in [-0.1, -0.05) is 36.4 Å². The third kappa shape index (κ3) is 4.19. The fraction of sp³-hybridized carbons (Fsp3) is 0.158. The molecule has 0 saturated carbocycles. The second kappa shape index (κ2) is 7.69. The number of ether oxygens (including phenoxy) is 1. The van der Waals surface area contributed by atoms with Crippen molar-refractivity contribution < 1.29 is 23.8 Å². The zero-order valence-corrected chi connectivity index (χ0v) is 15.3. The zero-order valence-electron chi connectivity index (χ0n) is 13.1. The molecular weight excluding hydrogens is 435 g/mol. The number of halogens is 1. The van der Waals surface area contributed by atoms with Crippen LogP contribution in [0.25, 0.3) is 10.8 Å². The van der Waals surface area contributed by atoms with Gasteiger partial charge in [-0.05, 0) is 34.7 Å². The summed E-state index contributed by atoms with van der Waals surface area (Å²) in [4.78, 5) is 22.8. The highest BCUT2D eigenvalue weighted by molar-refractivity contribution is 14.1. The van der Waals surface area contributed by atoms with Crippen LogP contribution in [0.5, 0.6) is 0 Å². The first kappa shape index (κ1) is 17.5. The molecule has 0 aliphatic carbocycles. The monoisotopic (exact) mass is 450 g/mol. The Morgan fingerprint density at radius 1 is 1.08 bits per heavy atom. The maximum absolute atomic E-state index is 12.1. The molecule has 5 nitrogen and oxygen atoms in total. The molecule has 0 radical (unpaired) electrons. The fourth-order valence-corrected chi connectivity index (χ4v) is 2.89. The number of hydrogen-bond acceptors (Lipinski definition) is 4. The number of carbonyl (C=O) groups excluding carboxylic acids is 1. The maximum Gasteiger partial charge on any atom is 0.307 e. The van der Waals surface area contributed by atoms with E-state index in [0.29, 0.717) is 5.76 Å². The van der Waals surface area contributed by atoms with Gasteiger partial charge in [0, 0.05) is 19.9 Å². The second-order valence-corrected chi connectivity index (χ2v) is 6.75. The molecule has 1 N–H and O–H groups in total. The van der Waals surface area contributed by atoms with Crippen LogP contribution in [0.3, 0.4) is 0 Å². The van der Waals surface area contributed by atoms with Crippen LogP contribution < -0.4 is 0 Å². The minimum atomic E-state index is -1.04. The van der Waals surface area contributed by atoms with Crippen LogP contribution >= 0.6 is 22.6 Å². The van der Waals surface area contributed by atoms with Gasteiger partial charge < -0.3 is 14.3 Å². The molecule has 3 aromatic rings. The van der Waals surface area contributed by atoms with E-state index < -0.39 is 18.0 Å². The van der Waals surface area contributed by atoms with Crippen molar-refractivity contribution >= 4 is 45.3 Å². The zero-order chi connectivity index (χ0) is 17.8. The SMILES string of the molecule is O=C(O)CCC(=O)OC(c1ccc(I)cc1)c1occ2ccccc12. The molecule has 6 heteroatoms. The van der Waals surface area contributed by atoms with Gasteiger partial charge in [0.2, 0.25) is 0 Å². The van der Waals surface area contributed by atoms with E-state index in [1.807, 2.05) is 48.5 Å². The summed E-state index contributed by atoms with van der Waals surface area (Å²) in [6.07, 6.45) is 0.444. The van der Waals surface area contributed by atoms with Gasteiger partial charge in [0.15, 0.2) is 11.9 Å². The minimum absolute atomic E-state index is 0.186. The maximum atomic E-state index is 12.1. The van der Waals surface area contributed by atoms with E-state index in [0.717, 1.165) is 19.9 Å². The summed E-state index contributed by atoms with van der Waals surface area (Å²) in [5.41, 5.74) is 0.768. The number of carboxylic acid groups (broad SMARTS) is 1. The lowest BCUT2D eigenvalue weighted by Gasteiger charge is -2.17. The summed E-state index contributed by atoms with van der Waals surface area (Å²) >= 11 is 2.20. The average Bonchev–Trinajstić information content (AvgIpc) is 3.03. The minimum Gasteiger partial charge on any atom is -0.481 e. The standard InChI is InChI=1S/C19H15IO5/c20-14-7-5-12(6-8-14)18(25-17(23)10-9-16(21)22)19-15-4-2-1-3-13(15)11-24-19/h1-8,11,18H,9-10H2,(H,21,22). The van der Waals surface area contributed by atoms with Crippen molar-refractivity contribution in [3.63, 3.8) is 0 Å². The third-order valence-electron chi connectivity index (χ3n) is 3.74. The van der Waals surface area contributed by atoms with Crippen LogP contribution in [-0.4, -0.2) is 17.0 Å². The van der Waals surface area contributed by atoms with E-state index in [2.05, 4.69) is 22.6 Å². The van der Waals surface area contributed by atoms with Gasteiger partial charge in [-0.15, -0.1) is 0 Å². The van der Waals surface area contributed by atoms with E-state index in [1.54, 1.807) is 6.26 Å². The number of aliphatic carboxylic acids is 1. The molecule has 0 bridgehead atoms. The Hall–Kier alpha value is -2.35. The molecule has 2 aromatic carbocycles. The summed E-state index contributed by atoms with van der Waals surface area (Å²) in [6.45, 7) is 0. The Morgan fingerprint density at radius 2 is 1.80 bits per heavy atom. The first-order chi connectivity index (χ1) is 12.0. The number of benzene rings is 2. The quantitative estimate of drug-likeness (QED) is 0.441. The van der Waals surface area contributed by atoms with E-state index in [1.165, 1.54) is 0 Å². The number of rotatable bonds is 6. The van der Waals surface area contributed by atoms with Crippen molar-refractivity contribution in [1.82, 2.24) is 0 Å². The van der Waals surface area contributed by atoms with Crippen molar-refractivity contribution in [3.05, 3.63) is 69.7 Å². The van der Waals surface area contributed by atoms with Gasteiger partial charge in [-0.3, -0.25) is 9.59 Å². The predicted molar refractivity (Wildman–Crippen MR) is 100 cm³/mol. The highest BCUT2D eigenvalue weighted by Crippen LogP contribution is 2.33. The molecule has 0 aliphatic rings. The third-order valence-corrected chi connectivity index (χ3v) is 4.46. The normalized spacial score (nSPS) is 12.0. The van der Waals surface area contributed by atoms with Gasteiger partial charge in [-0.2, -0.15) is 0 Å². The molecule has 0 fully saturated rings. The van der Waals surface area contributed by atoms with Gasteiger partial charge in [0.25, 0.3) is 0 Å². The first-order valence-electron chi connectivity index (χ1n) is 7.67. The number of carbonyl (C=O) groups is 2. The van der Waals surface area contributed by atoms with Gasteiger partial charge >= 0.3 is 11.9 Å². The van der Waals surface area contributed by atoms with Crippen LogP contribution in [0.2, 0.25) is 0 Å². The second-order valence-electron chi connectivity index (χ2n) is 5.50. The Kier molecular flexibility index (Phi) is 5.37. The number of carboxylic acids is 1. The largest absolute Gasteiger partial charge is 0.481 e. The van der Waals surface area contributed by atoms with Crippen LogP contribution in [0.15, 0.2) is 59.2 Å². The molecule has 128 valence electrons. The molecule has 1 aromatic heterocycles. The van der Waals surface area contributed by atoms with Crippen molar-refractivity contribution in [2.45, 2.75) is 18.9 Å². The summed E-state index contributed by atoms with van der Waals surface area (Å²) in [6, 6.07) is 15.2. The highest BCUT2D eigenvalue weighted by atomic mass is 127. The predicted octanol–water partition coefficient (Wildman–Crippen LogP) is 4.53. The van der Waals surface area contributed by atoms with Crippen LogP contribution in [-0.2, 0) is 14.3 Å².